The SMILES string of the molecule is COC(=O)CC1CCC(=O)C(C)C1. The maximum atomic E-state index is 11.2. The Kier molecular flexibility index (Phi) is 3.46. The van der Waals surface area contributed by atoms with E-state index < -0.39 is 0 Å². The van der Waals surface area contributed by atoms with Gasteiger partial charge in [-0.15, -0.1) is 0 Å². The lowest BCUT2D eigenvalue weighted by Crippen LogP contribution is -2.24. The predicted octanol–water partition coefficient (Wildman–Crippen LogP) is 1.55. The molecule has 0 radical (unpaired) electrons. The molecule has 2 atom stereocenters. The Morgan fingerprint density at radius 2 is 2.31 bits per heavy atom. The minimum absolute atomic E-state index is 0.128. The van der Waals surface area contributed by atoms with E-state index in [0.717, 1.165) is 12.8 Å². The molecule has 3 heteroatoms. The Morgan fingerprint density at radius 3 is 2.85 bits per heavy atom. The van der Waals surface area contributed by atoms with Gasteiger partial charge in [0.15, 0.2) is 0 Å². The van der Waals surface area contributed by atoms with Crippen molar-refractivity contribution in [1.29, 1.82) is 0 Å². The van der Waals surface area contributed by atoms with Crippen LogP contribution in [0.15, 0.2) is 0 Å². The number of rotatable bonds is 2. The van der Waals surface area contributed by atoms with Crippen molar-refractivity contribution in [3.8, 4) is 0 Å². The molecule has 1 saturated carbocycles. The van der Waals surface area contributed by atoms with Gasteiger partial charge in [-0.2, -0.15) is 0 Å². The van der Waals surface area contributed by atoms with Crippen LogP contribution in [0.25, 0.3) is 0 Å². The lowest BCUT2D eigenvalue weighted by molar-refractivity contribution is -0.142. The van der Waals surface area contributed by atoms with Crippen molar-refractivity contribution < 1.29 is 14.3 Å². The van der Waals surface area contributed by atoms with Crippen LogP contribution in [0.5, 0.6) is 0 Å². The molecule has 1 rings (SSSR count). The van der Waals surface area contributed by atoms with Crippen molar-refractivity contribution in [3.05, 3.63) is 0 Å². The molecule has 0 aromatic carbocycles. The molecule has 0 saturated heterocycles. The highest BCUT2D eigenvalue weighted by Gasteiger charge is 2.26. The van der Waals surface area contributed by atoms with Crippen LogP contribution in [0.4, 0.5) is 0 Å². The van der Waals surface area contributed by atoms with Crippen molar-refractivity contribution in [3.63, 3.8) is 0 Å². The second kappa shape index (κ2) is 4.40. The van der Waals surface area contributed by atoms with Crippen LogP contribution in [0, 0.1) is 11.8 Å². The Hall–Kier alpha value is -0.860. The molecule has 74 valence electrons. The molecule has 13 heavy (non-hydrogen) atoms. The van der Waals surface area contributed by atoms with Gasteiger partial charge in [-0.3, -0.25) is 9.59 Å². The van der Waals surface area contributed by atoms with Crippen molar-refractivity contribution in [2.24, 2.45) is 11.8 Å². The minimum atomic E-state index is -0.161. The van der Waals surface area contributed by atoms with Crippen LogP contribution in [-0.2, 0) is 14.3 Å². The topological polar surface area (TPSA) is 43.4 Å². The summed E-state index contributed by atoms with van der Waals surface area (Å²) in [5, 5.41) is 0. The van der Waals surface area contributed by atoms with Crippen molar-refractivity contribution in [2.45, 2.75) is 32.6 Å². The molecule has 0 bridgehead atoms. The average molecular weight is 184 g/mol. The third-order valence-corrected chi connectivity index (χ3v) is 2.72. The van der Waals surface area contributed by atoms with Gasteiger partial charge in [0.05, 0.1) is 7.11 Å². The van der Waals surface area contributed by atoms with Crippen LogP contribution >= 0.6 is 0 Å². The van der Waals surface area contributed by atoms with E-state index in [0.29, 0.717) is 24.5 Å². The minimum Gasteiger partial charge on any atom is -0.469 e. The predicted molar refractivity (Wildman–Crippen MR) is 48.1 cm³/mol. The van der Waals surface area contributed by atoms with Gasteiger partial charge >= 0.3 is 5.97 Å². The molecule has 0 amide bonds. The van der Waals surface area contributed by atoms with Crippen LogP contribution in [0.1, 0.15) is 32.6 Å². The molecule has 1 aliphatic rings. The summed E-state index contributed by atoms with van der Waals surface area (Å²) in [6.45, 7) is 1.94. The zero-order valence-corrected chi connectivity index (χ0v) is 8.21. The fourth-order valence-electron chi connectivity index (χ4n) is 1.85. The van der Waals surface area contributed by atoms with Gasteiger partial charge in [-0.25, -0.2) is 0 Å². The van der Waals surface area contributed by atoms with Gasteiger partial charge in [-0.1, -0.05) is 6.92 Å². The Bertz CT molecular complexity index is 210. The summed E-state index contributed by atoms with van der Waals surface area (Å²) in [6, 6.07) is 0. The molecule has 1 fully saturated rings. The number of hydrogen-bond acceptors (Lipinski definition) is 3. The molecule has 0 spiro atoms. The molecular weight excluding hydrogens is 168 g/mol. The fraction of sp³-hybridized carbons (Fsp3) is 0.800. The molecule has 0 aromatic rings. The Morgan fingerprint density at radius 1 is 1.62 bits per heavy atom. The number of ether oxygens (including phenoxy) is 1. The van der Waals surface area contributed by atoms with Crippen molar-refractivity contribution in [1.82, 2.24) is 0 Å². The Balaban J connectivity index is 2.37. The highest BCUT2D eigenvalue weighted by atomic mass is 16.5. The van der Waals surface area contributed by atoms with E-state index in [4.69, 9.17) is 0 Å². The third-order valence-electron chi connectivity index (χ3n) is 2.72. The molecule has 0 aliphatic heterocycles. The summed E-state index contributed by atoms with van der Waals surface area (Å²) in [5.74, 6) is 0.649. The summed E-state index contributed by atoms with van der Waals surface area (Å²) < 4.78 is 4.59. The summed E-state index contributed by atoms with van der Waals surface area (Å²) in [4.78, 5) is 22.1. The van der Waals surface area contributed by atoms with Crippen molar-refractivity contribution in [2.75, 3.05) is 7.11 Å². The first-order chi connectivity index (χ1) is 6.13. The third kappa shape index (κ3) is 2.83. The van der Waals surface area contributed by atoms with Gasteiger partial charge in [0.25, 0.3) is 0 Å². The van der Waals surface area contributed by atoms with Crippen LogP contribution < -0.4 is 0 Å². The molecular formula is C10H16O3. The second-order valence-electron chi connectivity index (χ2n) is 3.79. The van der Waals surface area contributed by atoms with E-state index in [1.165, 1.54) is 7.11 Å². The molecule has 3 nitrogen and oxygen atoms in total. The van der Waals surface area contributed by atoms with Crippen LogP contribution in [0.3, 0.4) is 0 Å². The number of methoxy groups -OCH3 is 1. The Labute approximate surface area is 78.5 Å². The van der Waals surface area contributed by atoms with Crippen LogP contribution in [-0.4, -0.2) is 18.9 Å². The summed E-state index contributed by atoms with van der Waals surface area (Å²) in [7, 11) is 1.40. The first kappa shape index (κ1) is 10.2. The molecule has 2 unspecified atom stereocenters. The summed E-state index contributed by atoms with van der Waals surface area (Å²) >= 11 is 0. The molecule has 0 N–H and O–H groups in total. The fourth-order valence-corrected chi connectivity index (χ4v) is 1.85. The van der Waals surface area contributed by atoms with E-state index in [1.807, 2.05) is 6.92 Å². The van der Waals surface area contributed by atoms with Gasteiger partial charge < -0.3 is 4.74 Å². The number of Topliss-reactive ketones (excluding diaryl/α,β-unsaturated/α-hetero) is 1. The van der Waals surface area contributed by atoms with E-state index in [2.05, 4.69) is 4.74 Å². The number of carbonyl (C=O) groups is 2. The zero-order chi connectivity index (χ0) is 9.84. The quantitative estimate of drug-likeness (QED) is 0.611. The zero-order valence-electron chi connectivity index (χ0n) is 8.21. The number of hydrogen-bond donors (Lipinski definition) is 0. The number of esters is 1. The number of ketones is 1. The van der Waals surface area contributed by atoms with E-state index in [-0.39, 0.29) is 11.9 Å². The highest BCUT2D eigenvalue weighted by Crippen LogP contribution is 2.28. The van der Waals surface area contributed by atoms with E-state index >= 15 is 0 Å². The summed E-state index contributed by atoms with van der Waals surface area (Å²) in [5.41, 5.74) is 0. The first-order valence-corrected chi connectivity index (χ1v) is 4.73. The van der Waals surface area contributed by atoms with Crippen LogP contribution in [0.2, 0.25) is 0 Å². The van der Waals surface area contributed by atoms with Gasteiger partial charge in [0.2, 0.25) is 0 Å². The van der Waals surface area contributed by atoms with Gasteiger partial charge in [-0.05, 0) is 18.8 Å². The highest BCUT2D eigenvalue weighted by molar-refractivity contribution is 5.81. The molecule has 0 heterocycles. The van der Waals surface area contributed by atoms with E-state index in [1.54, 1.807) is 0 Å². The first-order valence-electron chi connectivity index (χ1n) is 4.73. The van der Waals surface area contributed by atoms with E-state index in [9.17, 15) is 9.59 Å². The lowest BCUT2D eigenvalue weighted by atomic mass is 9.80. The van der Waals surface area contributed by atoms with Crippen molar-refractivity contribution >= 4 is 11.8 Å². The second-order valence-corrected chi connectivity index (χ2v) is 3.79. The van der Waals surface area contributed by atoms with Gasteiger partial charge in [0.1, 0.15) is 5.78 Å². The van der Waals surface area contributed by atoms with Gasteiger partial charge in [0, 0.05) is 18.8 Å². The maximum Gasteiger partial charge on any atom is 0.305 e. The molecule has 1 aliphatic carbocycles. The largest absolute Gasteiger partial charge is 0.469 e. The average Bonchev–Trinajstić information content (AvgIpc) is 2.11. The number of carbonyl (C=O) groups excluding carboxylic acids is 2. The lowest BCUT2D eigenvalue weighted by Gasteiger charge is -2.24. The smallest absolute Gasteiger partial charge is 0.305 e. The summed E-state index contributed by atoms with van der Waals surface area (Å²) in [6.07, 6.45) is 2.78. The molecule has 0 aromatic heterocycles. The normalized spacial score (nSPS) is 28.6. The monoisotopic (exact) mass is 184 g/mol. The maximum absolute atomic E-state index is 11.2. The standard InChI is InChI=1S/C10H16O3/c1-7-5-8(3-4-9(7)11)6-10(12)13-2/h7-8H,3-6H2,1-2H3.